The van der Waals surface area contributed by atoms with Gasteiger partial charge in [-0.1, -0.05) is 20.8 Å². The first-order chi connectivity index (χ1) is 6.07. The van der Waals surface area contributed by atoms with Gasteiger partial charge >= 0.3 is 0 Å². The van der Waals surface area contributed by atoms with Gasteiger partial charge in [0.1, 0.15) is 0 Å². The highest BCUT2D eigenvalue weighted by Crippen LogP contribution is 2.06. The lowest BCUT2D eigenvalue weighted by Gasteiger charge is -2.17. The van der Waals surface area contributed by atoms with E-state index in [1.165, 1.54) is 0 Å². The summed E-state index contributed by atoms with van der Waals surface area (Å²) in [6, 6.07) is 0.359. The fourth-order valence-corrected chi connectivity index (χ4v) is 1.01. The molecule has 0 aliphatic carbocycles. The summed E-state index contributed by atoms with van der Waals surface area (Å²) >= 11 is 0. The molecule has 0 amide bonds. The number of hydrogen-bond donors (Lipinski definition) is 1. The Labute approximate surface area is 82.8 Å². The van der Waals surface area contributed by atoms with Gasteiger partial charge in [-0.05, 0) is 32.1 Å². The molecule has 0 bridgehead atoms. The molecule has 0 heterocycles. The molecule has 2 unspecified atom stereocenters. The lowest BCUT2D eigenvalue weighted by molar-refractivity contribution is 0.0327. The zero-order valence-electron chi connectivity index (χ0n) is 9.55. The first kappa shape index (κ1) is 12.9. The molecule has 0 spiro atoms. The van der Waals surface area contributed by atoms with E-state index in [1.54, 1.807) is 0 Å². The average Bonchev–Trinajstić information content (AvgIpc) is 2.11. The molecule has 0 saturated heterocycles. The zero-order valence-corrected chi connectivity index (χ0v) is 9.55. The van der Waals surface area contributed by atoms with Gasteiger partial charge in [-0.15, -0.1) is 0 Å². The van der Waals surface area contributed by atoms with Crippen LogP contribution in [0.25, 0.3) is 0 Å². The van der Waals surface area contributed by atoms with Crippen LogP contribution in [0, 0.1) is 5.92 Å². The van der Waals surface area contributed by atoms with Crippen molar-refractivity contribution in [1.29, 1.82) is 0 Å². The van der Waals surface area contributed by atoms with E-state index in [0.29, 0.717) is 18.1 Å². The summed E-state index contributed by atoms with van der Waals surface area (Å²) in [5.41, 5.74) is 5.79. The van der Waals surface area contributed by atoms with E-state index in [9.17, 15) is 0 Å². The number of nitrogens with two attached hydrogens (primary N) is 1. The Hall–Kier alpha value is -0.0800. The molecular weight excluding hydrogens is 162 g/mol. The fraction of sp³-hybridized carbons (Fsp3) is 1.00. The Morgan fingerprint density at radius 2 is 1.85 bits per heavy atom. The second-order valence-corrected chi connectivity index (χ2v) is 4.13. The van der Waals surface area contributed by atoms with E-state index < -0.39 is 0 Å². The molecule has 0 radical (unpaired) electrons. The Bertz CT molecular complexity index is 115. The van der Waals surface area contributed by atoms with Crippen LogP contribution in [0.2, 0.25) is 0 Å². The molecule has 2 N–H and O–H groups in total. The van der Waals surface area contributed by atoms with Crippen LogP contribution in [0.1, 0.15) is 47.0 Å². The third kappa shape index (κ3) is 7.03. The third-order valence-electron chi connectivity index (χ3n) is 2.56. The Balaban J connectivity index is 3.25. The van der Waals surface area contributed by atoms with Gasteiger partial charge < -0.3 is 10.5 Å². The van der Waals surface area contributed by atoms with Crippen LogP contribution in [-0.2, 0) is 4.74 Å². The van der Waals surface area contributed by atoms with E-state index in [4.69, 9.17) is 10.5 Å². The van der Waals surface area contributed by atoms with Crippen molar-refractivity contribution in [3.05, 3.63) is 0 Å². The summed E-state index contributed by atoms with van der Waals surface area (Å²) < 4.78 is 5.64. The van der Waals surface area contributed by atoms with Crippen LogP contribution in [0.5, 0.6) is 0 Å². The first-order valence-corrected chi connectivity index (χ1v) is 5.45. The van der Waals surface area contributed by atoms with Crippen LogP contribution in [0.4, 0.5) is 0 Å². The molecule has 2 nitrogen and oxygen atoms in total. The molecule has 2 atom stereocenters. The topological polar surface area (TPSA) is 35.2 Å². The predicted molar refractivity (Wildman–Crippen MR) is 57.8 cm³/mol. The Kier molecular flexibility index (Phi) is 7.29. The van der Waals surface area contributed by atoms with Crippen molar-refractivity contribution in [2.24, 2.45) is 11.7 Å². The largest absolute Gasteiger partial charge is 0.378 e. The molecule has 0 aliphatic heterocycles. The van der Waals surface area contributed by atoms with Crippen molar-refractivity contribution in [2.75, 3.05) is 6.61 Å². The van der Waals surface area contributed by atoms with Gasteiger partial charge in [-0.3, -0.25) is 0 Å². The minimum Gasteiger partial charge on any atom is -0.378 e. The minimum absolute atomic E-state index is 0.359. The average molecular weight is 187 g/mol. The van der Waals surface area contributed by atoms with Gasteiger partial charge in [0.25, 0.3) is 0 Å². The van der Waals surface area contributed by atoms with E-state index in [2.05, 4.69) is 27.7 Å². The highest BCUT2D eigenvalue weighted by atomic mass is 16.5. The lowest BCUT2D eigenvalue weighted by atomic mass is 10.1. The quantitative estimate of drug-likeness (QED) is 0.622. The van der Waals surface area contributed by atoms with Crippen LogP contribution < -0.4 is 5.73 Å². The van der Waals surface area contributed by atoms with E-state index in [-0.39, 0.29) is 0 Å². The van der Waals surface area contributed by atoms with E-state index in [1.807, 2.05) is 0 Å². The summed E-state index contributed by atoms with van der Waals surface area (Å²) in [6.07, 6.45) is 3.62. The minimum atomic E-state index is 0.359. The summed E-state index contributed by atoms with van der Waals surface area (Å²) in [5.74, 6) is 0.611. The van der Waals surface area contributed by atoms with Gasteiger partial charge in [-0.25, -0.2) is 0 Å². The molecule has 80 valence electrons. The molecule has 0 rings (SSSR count). The smallest absolute Gasteiger partial charge is 0.0569 e. The molecular formula is C11H25NO. The lowest BCUT2D eigenvalue weighted by Crippen LogP contribution is -2.20. The normalized spacial score (nSPS) is 16.2. The van der Waals surface area contributed by atoms with Gasteiger partial charge in [0.2, 0.25) is 0 Å². The van der Waals surface area contributed by atoms with Gasteiger partial charge in [0.15, 0.2) is 0 Å². The maximum absolute atomic E-state index is 5.79. The van der Waals surface area contributed by atoms with E-state index >= 15 is 0 Å². The number of hydrogen-bond acceptors (Lipinski definition) is 2. The summed E-state index contributed by atoms with van der Waals surface area (Å²) in [7, 11) is 0. The monoisotopic (exact) mass is 187 g/mol. The van der Waals surface area contributed by atoms with Crippen LogP contribution in [-0.4, -0.2) is 18.8 Å². The Morgan fingerprint density at radius 3 is 2.31 bits per heavy atom. The van der Waals surface area contributed by atoms with E-state index in [0.717, 1.165) is 25.9 Å². The second-order valence-electron chi connectivity index (χ2n) is 4.13. The molecule has 2 heteroatoms. The second kappa shape index (κ2) is 7.34. The van der Waals surface area contributed by atoms with Crippen molar-refractivity contribution in [2.45, 2.75) is 59.1 Å². The maximum atomic E-state index is 5.79. The van der Waals surface area contributed by atoms with Crippen molar-refractivity contribution >= 4 is 0 Å². The summed E-state index contributed by atoms with van der Waals surface area (Å²) in [4.78, 5) is 0. The van der Waals surface area contributed by atoms with Crippen molar-refractivity contribution in [1.82, 2.24) is 0 Å². The molecule has 0 aromatic heterocycles. The van der Waals surface area contributed by atoms with Crippen LogP contribution >= 0.6 is 0 Å². The Morgan fingerprint density at radius 1 is 1.23 bits per heavy atom. The highest BCUT2D eigenvalue weighted by Gasteiger charge is 2.06. The summed E-state index contributed by atoms with van der Waals surface area (Å²) in [6.45, 7) is 9.48. The van der Waals surface area contributed by atoms with Crippen molar-refractivity contribution < 1.29 is 4.74 Å². The molecule has 0 aromatic rings. The highest BCUT2D eigenvalue weighted by molar-refractivity contribution is 4.59. The molecule has 0 fully saturated rings. The van der Waals surface area contributed by atoms with Crippen LogP contribution in [0.3, 0.4) is 0 Å². The van der Waals surface area contributed by atoms with Gasteiger partial charge in [-0.2, -0.15) is 0 Å². The van der Waals surface area contributed by atoms with Gasteiger partial charge in [0.05, 0.1) is 6.10 Å². The third-order valence-corrected chi connectivity index (χ3v) is 2.56. The molecule has 0 saturated carbocycles. The van der Waals surface area contributed by atoms with Crippen molar-refractivity contribution in [3.63, 3.8) is 0 Å². The van der Waals surface area contributed by atoms with Crippen LogP contribution in [0.15, 0.2) is 0 Å². The number of rotatable bonds is 7. The van der Waals surface area contributed by atoms with Gasteiger partial charge in [0, 0.05) is 12.6 Å². The van der Waals surface area contributed by atoms with Crippen molar-refractivity contribution in [3.8, 4) is 0 Å². The molecule has 13 heavy (non-hydrogen) atoms. The molecule has 0 aromatic carbocycles. The SMILES string of the molecule is CCC(N)CCCOC(C)C(C)C. The predicted octanol–water partition coefficient (Wildman–Crippen LogP) is 2.57. The first-order valence-electron chi connectivity index (χ1n) is 5.45. The molecule has 0 aliphatic rings. The maximum Gasteiger partial charge on any atom is 0.0569 e. The standard InChI is InChI=1S/C11H25NO/c1-5-11(12)7-6-8-13-10(4)9(2)3/h9-11H,5-8,12H2,1-4H3. The zero-order chi connectivity index (χ0) is 10.3. The fourth-order valence-electron chi connectivity index (χ4n) is 1.01. The summed E-state index contributed by atoms with van der Waals surface area (Å²) in [5, 5.41) is 0. The number of ether oxygens (including phenoxy) is 1.